The topological polar surface area (TPSA) is 40.9 Å². The highest BCUT2D eigenvalue weighted by Gasteiger charge is 2.34. The number of aromatic nitrogens is 2. The molecule has 0 bridgehead atoms. The Morgan fingerprint density at radius 2 is 1.56 bits per heavy atom. The van der Waals surface area contributed by atoms with Gasteiger partial charge >= 0.3 is 0 Å². The molecule has 5 nitrogen and oxygen atoms in total. The number of hydrogen-bond donors (Lipinski definition) is 0. The third-order valence-corrected chi connectivity index (χ3v) is 6.93. The summed E-state index contributed by atoms with van der Waals surface area (Å²) in [6, 6.07) is 21.0. The van der Waals surface area contributed by atoms with Crippen molar-refractivity contribution in [3.05, 3.63) is 84.4 Å². The molecule has 172 valence electrons. The smallest absolute Gasteiger partial charge is 0.225 e. The maximum Gasteiger partial charge on any atom is 0.225 e. The molecule has 0 spiro atoms. The van der Waals surface area contributed by atoms with Crippen LogP contribution < -0.4 is 0 Å². The van der Waals surface area contributed by atoms with Gasteiger partial charge < -0.3 is 9.30 Å². The predicted octanol–water partition coefficient (Wildman–Crippen LogP) is 4.86. The van der Waals surface area contributed by atoms with Crippen LogP contribution in [-0.4, -0.2) is 51.3 Å². The number of benzene rings is 2. The maximum atomic E-state index is 13.6. The Labute approximate surface area is 198 Å². The van der Waals surface area contributed by atoms with Crippen molar-refractivity contribution >= 4 is 11.6 Å². The fourth-order valence-corrected chi connectivity index (χ4v) is 4.81. The third kappa shape index (κ3) is 4.10. The van der Waals surface area contributed by atoms with Crippen LogP contribution in [0.4, 0.5) is 4.39 Å². The van der Waals surface area contributed by atoms with E-state index in [0.717, 1.165) is 79.3 Å². The van der Waals surface area contributed by atoms with Crippen LogP contribution in [0, 0.1) is 11.7 Å². The number of nitrogens with zero attached hydrogens (tertiary/aromatic N) is 4. The summed E-state index contributed by atoms with van der Waals surface area (Å²) in [5.74, 6) is 0.345. The molecule has 3 heterocycles. The first-order valence-corrected chi connectivity index (χ1v) is 12.0. The molecule has 0 unspecified atom stereocenters. The average molecular weight is 455 g/mol. The second-order valence-electron chi connectivity index (χ2n) is 9.30. The van der Waals surface area contributed by atoms with Crippen molar-refractivity contribution in [2.75, 3.05) is 26.2 Å². The number of pyridine rings is 1. The molecular weight excluding hydrogens is 427 g/mol. The molecule has 1 aliphatic heterocycles. The van der Waals surface area contributed by atoms with Crippen molar-refractivity contribution < 1.29 is 9.18 Å². The summed E-state index contributed by atoms with van der Waals surface area (Å²) in [5.41, 5.74) is 6.01. The number of piperazine rings is 1. The van der Waals surface area contributed by atoms with Crippen molar-refractivity contribution in [2.45, 2.75) is 19.4 Å². The van der Waals surface area contributed by atoms with Gasteiger partial charge in [-0.2, -0.15) is 0 Å². The van der Waals surface area contributed by atoms with E-state index in [9.17, 15) is 9.18 Å². The molecule has 2 aromatic carbocycles. The first-order valence-electron chi connectivity index (χ1n) is 12.0. The molecule has 6 rings (SSSR count). The molecule has 0 atom stereocenters. The van der Waals surface area contributed by atoms with Crippen molar-refractivity contribution in [1.82, 2.24) is 19.2 Å². The number of fused-ring (bicyclic) bond motifs is 1. The minimum absolute atomic E-state index is 0.253. The average Bonchev–Trinajstić information content (AvgIpc) is 3.68. The highest BCUT2D eigenvalue weighted by molar-refractivity contribution is 5.81. The number of hydrogen-bond acceptors (Lipinski definition) is 3. The van der Waals surface area contributed by atoms with Gasteiger partial charge in [-0.1, -0.05) is 30.3 Å². The van der Waals surface area contributed by atoms with Crippen LogP contribution in [0.15, 0.2) is 72.9 Å². The zero-order valence-electron chi connectivity index (χ0n) is 19.0. The molecular formula is C28H27FN4O. The first-order chi connectivity index (χ1) is 16.7. The van der Waals surface area contributed by atoms with E-state index in [1.807, 2.05) is 29.2 Å². The van der Waals surface area contributed by atoms with Crippen molar-refractivity contribution in [3.8, 4) is 22.4 Å². The van der Waals surface area contributed by atoms with Crippen LogP contribution in [0.25, 0.3) is 28.0 Å². The van der Waals surface area contributed by atoms with Gasteiger partial charge in [0.15, 0.2) is 0 Å². The molecule has 1 amide bonds. The Morgan fingerprint density at radius 3 is 2.26 bits per heavy atom. The monoisotopic (exact) mass is 454 g/mol. The Morgan fingerprint density at radius 1 is 0.853 bits per heavy atom. The summed E-state index contributed by atoms with van der Waals surface area (Å²) in [4.78, 5) is 21.8. The fourth-order valence-electron chi connectivity index (χ4n) is 4.81. The Kier molecular flexibility index (Phi) is 5.38. The summed E-state index contributed by atoms with van der Waals surface area (Å²) in [5, 5.41) is 0. The van der Waals surface area contributed by atoms with Crippen molar-refractivity contribution in [1.29, 1.82) is 0 Å². The number of rotatable bonds is 5. The van der Waals surface area contributed by atoms with E-state index in [1.165, 1.54) is 12.1 Å². The van der Waals surface area contributed by atoms with Gasteiger partial charge in [-0.05, 0) is 60.4 Å². The number of carbonyl (C=O) groups is 1. The molecule has 4 aromatic rings. The number of carbonyl (C=O) groups excluding carboxylic acids is 1. The van der Waals surface area contributed by atoms with Crippen LogP contribution in [0.3, 0.4) is 0 Å². The number of halogens is 1. The summed E-state index contributed by atoms with van der Waals surface area (Å²) in [6.07, 6.45) is 4.24. The quantitative estimate of drug-likeness (QED) is 0.432. The van der Waals surface area contributed by atoms with E-state index >= 15 is 0 Å². The highest BCUT2D eigenvalue weighted by Crippen LogP contribution is 2.32. The largest absolute Gasteiger partial charge is 0.340 e. The van der Waals surface area contributed by atoms with Gasteiger partial charge in [0.25, 0.3) is 0 Å². The fraction of sp³-hybridized carbons (Fsp3) is 0.286. The Hall–Kier alpha value is -3.51. The van der Waals surface area contributed by atoms with E-state index in [1.54, 1.807) is 12.1 Å². The zero-order chi connectivity index (χ0) is 23.1. The lowest BCUT2D eigenvalue weighted by Crippen LogP contribution is -2.48. The summed E-state index contributed by atoms with van der Waals surface area (Å²) in [7, 11) is 0. The Bertz CT molecular complexity index is 1320. The summed E-state index contributed by atoms with van der Waals surface area (Å²) >= 11 is 0. The van der Waals surface area contributed by atoms with Gasteiger partial charge in [-0.25, -0.2) is 9.37 Å². The molecule has 0 radical (unpaired) electrons. The van der Waals surface area contributed by atoms with Gasteiger partial charge in [-0.15, -0.1) is 0 Å². The van der Waals surface area contributed by atoms with Crippen LogP contribution in [0.2, 0.25) is 0 Å². The van der Waals surface area contributed by atoms with Gasteiger partial charge in [0.2, 0.25) is 5.91 Å². The standard InChI is InChI=1S/C28H27FN4O/c29-24-11-8-21(9-12-24)27-25(19-31-14-16-32(17-15-31)28(34)22-6-7-22)33-18-23(10-13-26(33)30-27)20-4-2-1-3-5-20/h1-5,8-13,18,22H,6-7,14-17,19H2. The molecule has 1 saturated carbocycles. The van der Waals surface area contributed by atoms with Crippen LogP contribution in [0.1, 0.15) is 18.5 Å². The minimum Gasteiger partial charge on any atom is -0.340 e. The van der Waals surface area contributed by atoms with E-state index in [2.05, 4.69) is 33.7 Å². The first kappa shape index (κ1) is 21.1. The molecule has 2 aromatic heterocycles. The number of imidazole rings is 1. The molecule has 34 heavy (non-hydrogen) atoms. The van der Waals surface area contributed by atoms with Crippen LogP contribution >= 0.6 is 0 Å². The van der Waals surface area contributed by atoms with Crippen LogP contribution in [-0.2, 0) is 11.3 Å². The maximum absolute atomic E-state index is 13.6. The second-order valence-corrected chi connectivity index (χ2v) is 9.30. The van der Waals surface area contributed by atoms with E-state index in [-0.39, 0.29) is 11.7 Å². The SMILES string of the molecule is O=C(C1CC1)N1CCN(Cc2c(-c3ccc(F)cc3)nc3ccc(-c4ccccc4)cn23)CC1. The van der Waals surface area contributed by atoms with Gasteiger partial charge in [-0.3, -0.25) is 9.69 Å². The van der Waals surface area contributed by atoms with E-state index in [0.29, 0.717) is 5.91 Å². The predicted molar refractivity (Wildman–Crippen MR) is 131 cm³/mol. The molecule has 1 saturated heterocycles. The van der Waals surface area contributed by atoms with Gasteiger partial charge in [0, 0.05) is 50.4 Å². The summed E-state index contributed by atoms with van der Waals surface area (Å²) < 4.78 is 15.8. The minimum atomic E-state index is -0.253. The number of amides is 1. The molecule has 0 N–H and O–H groups in total. The van der Waals surface area contributed by atoms with Crippen molar-refractivity contribution in [3.63, 3.8) is 0 Å². The molecule has 1 aliphatic carbocycles. The van der Waals surface area contributed by atoms with Gasteiger partial charge in [0.1, 0.15) is 11.5 Å². The highest BCUT2D eigenvalue weighted by atomic mass is 19.1. The van der Waals surface area contributed by atoms with E-state index in [4.69, 9.17) is 4.98 Å². The molecule has 2 fully saturated rings. The lowest BCUT2D eigenvalue weighted by molar-refractivity contribution is -0.134. The van der Waals surface area contributed by atoms with E-state index < -0.39 is 0 Å². The third-order valence-electron chi connectivity index (χ3n) is 6.93. The van der Waals surface area contributed by atoms with Crippen LogP contribution in [0.5, 0.6) is 0 Å². The van der Waals surface area contributed by atoms with Crippen molar-refractivity contribution in [2.24, 2.45) is 5.92 Å². The zero-order valence-corrected chi connectivity index (χ0v) is 19.0. The van der Waals surface area contributed by atoms with Gasteiger partial charge in [0.05, 0.1) is 11.4 Å². The molecule has 2 aliphatic rings. The lowest BCUT2D eigenvalue weighted by atomic mass is 10.1. The second kappa shape index (κ2) is 8.69. The Balaban J connectivity index is 1.34. The normalized spacial score (nSPS) is 16.8. The summed E-state index contributed by atoms with van der Waals surface area (Å²) in [6.45, 7) is 3.94. The lowest BCUT2D eigenvalue weighted by Gasteiger charge is -2.35. The molecule has 6 heteroatoms.